The third-order valence-electron chi connectivity index (χ3n) is 5.00. The zero-order chi connectivity index (χ0) is 23.5. The Morgan fingerprint density at radius 2 is 2.12 bits per heavy atom. The molecule has 0 spiro atoms. The molecule has 0 aliphatic heterocycles. The SMILES string of the molecule is CCC(C(=O)O)n1cccc(-c2cc(NCc3ccc(Cl)s3)n(C(=O)c3ccoc3)n2)c1=O. The molecular weight excluding hydrogens is 468 g/mol. The molecule has 4 rings (SSSR count). The quantitative estimate of drug-likeness (QED) is 0.379. The van der Waals surface area contributed by atoms with Crippen molar-refractivity contribution in [3.63, 3.8) is 0 Å². The zero-order valence-electron chi connectivity index (χ0n) is 17.4. The number of aromatic nitrogens is 3. The van der Waals surface area contributed by atoms with Crippen LogP contribution in [0, 0.1) is 0 Å². The third-order valence-corrected chi connectivity index (χ3v) is 6.23. The van der Waals surface area contributed by atoms with Crippen LogP contribution in [0.15, 0.2) is 64.3 Å². The summed E-state index contributed by atoms with van der Waals surface area (Å²) in [4.78, 5) is 38.6. The van der Waals surface area contributed by atoms with E-state index in [4.69, 9.17) is 16.0 Å². The predicted molar refractivity (Wildman–Crippen MR) is 124 cm³/mol. The fraction of sp³-hybridized carbons (Fsp3) is 0.182. The maximum absolute atomic E-state index is 13.1. The molecule has 4 heterocycles. The molecule has 11 heteroatoms. The lowest BCUT2D eigenvalue weighted by molar-refractivity contribution is -0.141. The molecule has 0 amide bonds. The van der Waals surface area contributed by atoms with E-state index in [0.29, 0.717) is 16.7 Å². The number of halogens is 1. The van der Waals surface area contributed by atoms with E-state index in [1.165, 1.54) is 36.1 Å². The number of pyridine rings is 1. The Bertz CT molecular complexity index is 1360. The number of hydrogen-bond acceptors (Lipinski definition) is 7. The van der Waals surface area contributed by atoms with Crippen LogP contribution in [0.4, 0.5) is 5.82 Å². The molecular formula is C22H19ClN4O5S. The van der Waals surface area contributed by atoms with E-state index in [1.54, 1.807) is 31.2 Å². The number of carbonyl (C=O) groups is 2. The normalized spacial score (nSPS) is 11.9. The van der Waals surface area contributed by atoms with Gasteiger partial charge in [0.05, 0.1) is 28.3 Å². The lowest BCUT2D eigenvalue weighted by atomic mass is 10.1. The van der Waals surface area contributed by atoms with Gasteiger partial charge in [-0.1, -0.05) is 18.5 Å². The fourth-order valence-electron chi connectivity index (χ4n) is 3.37. The van der Waals surface area contributed by atoms with Crippen LogP contribution >= 0.6 is 22.9 Å². The van der Waals surface area contributed by atoms with Crippen molar-refractivity contribution in [2.45, 2.75) is 25.9 Å². The summed E-state index contributed by atoms with van der Waals surface area (Å²) in [7, 11) is 0. The summed E-state index contributed by atoms with van der Waals surface area (Å²) in [5, 5.41) is 17.0. The first kappa shape index (κ1) is 22.6. The molecule has 0 saturated carbocycles. The lowest BCUT2D eigenvalue weighted by Crippen LogP contribution is -2.29. The van der Waals surface area contributed by atoms with Crippen molar-refractivity contribution >= 4 is 40.6 Å². The Morgan fingerprint density at radius 3 is 2.76 bits per heavy atom. The van der Waals surface area contributed by atoms with Crippen LogP contribution in [0.2, 0.25) is 4.34 Å². The van der Waals surface area contributed by atoms with Gasteiger partial charge in [-0.05, 0) is 36.8 Å². The molecule has 2 N–H and O–H groups in total. The zero-order valence-corrected chi connectivity index (χ0v) is 19.0. The molecule has 0 saturated heterocycles. The number of nitrogens with one attached hydrogen (secondary N) is 1. The minimum absolute atomic E-state index is 0.179. The first-order valence-corrected chi connectivity index (χ1v) is 11.2. The number of furan rings is 1. The first-order chi connectivity index (χ1) is 15.9. The molecule has 4 aromatic heterocycles. The number of carbonyl (C=O) groups excluding carboxylic acids is 1. The van der Waals surface area contributed by atoms with Gasteiger partial charge >= 0.3 is 5.97 Å². The van der Waals surface area contributed by atoms with Gasteiger partial charge in [0.15, 0.2) is 0 Å². The predicted octanol–water partition coefficient (Wildman–Crippen LogP) is 4.36. The summed E-state index contributed by atoms with van der Waals surface area (Å²) < 4.78 is 7.97. The molecule has 0 radical (unpaired) electrons. The van der Waals surface area contributed by atoms with Crippen molar-refractivity contribution in [1.82, 2.24) is 14.3 Å². The van der Waals surface area contributed by atoms with Gasteiger partial charge in [0.25, 0.3) is 11.5 Å². The highest BCUT2D eigenvalue weighted by Gasteiger charge is 2.23. The van der Waals surface area contributed by atoms with Crippen molar-refractivity contribution in [1.29, 1.82) is 0 Å². The smallest absolute Gasteiger partial charge is 0.326 e. The van der Waals surface area contributed by atoms with E-state index in [2.05, 4.69) is 10.4 Å². The highest BCUT2D eigenvalue weighted by molar-refractivity contribution is 7.16. The Morgan fingerprint density at radius 1 is 1.30 bits per heavy atom. The first-order valence-electron chi connectivity index (χ1n) is 9.98. The number of thiophene rings is 1. The van der Waals surface area contributed by atoms with Crippen LogP contribution in [0.25, 0.3) is 11.3 Å². The summed E-state index contributed by atoms with van der Waals surface area (Å²) in [6.07, 6.45) is 4.36. The molecule has 33 heavy (non-hydrogen) atoms. The molecule has 1 atom stereocenters. The minimum atomic E-state index is -1.10. The van der Waals surface area contributed by atoms with Gasteiger partial charge in [-0.2, -0.15) is 9.78 Å². The maximum Gasteiger partial charge on any atom is 0.326 e. The van der Waals surface area contributed by atoms with Crippen LogP contribution in [0.1, 0.15) is 34.6 Å². The summed E-state index contributed by atoms with van der Waals surface area (Å²) in [5.74, 6) is -1.19. The van der Waals surface area contributed by atoms with Crippen LogP contribution in [0.3, 0.4) is 0 Å². The maximum atomic E-state index is 13.1. The Balaban J connectivity index is 1.76. The molecule has 0 aliphatic rings. The van der Waals surface area contributed by atoms with Crippen molar-refractivity contribution < 1.29 is 19.1 Å². The molecule has 0 aliphatic carbocycles. The van der Waals surface area contributed by atoms with E-state index in [9.17, 15) is 19.5 Å². The Kier molecular flexibility index (Phi) is 6.47. The average Bonchev–Trinajstić information content (AvgIpc) is 3.54. The largest absolute Gasteiger partial charge is 0.480 e. The van der Waals surface area contributed by atoms with Gasteiger partial charge < -0.3 is 19.4 Å². The van der Waals surface area contributed by atoms with Crippen LogP contribution < -0.4 is 10.9 Å². The molecule has 9 nitrogen and oxygen atoms in total. The van der Waals surface area contributed by atoms with Gasteiger partial charge in [-0.25, -0.2) is 4.79 Å². The molecule has 0 fully saturated rings. The van der Waals surface area contributed by atoms with Crippen LogP contribution in [0.5, 0.6) is 0 Å². The lowest BCUT2D eigenvalue weighted by Gasteiger charge is -2.14. The van der Waals surface area contributed by atoms with E-state index >= 15 is 0 Å². The summed E-state index contributed by atoms with van der Waals surface area (Å²) in [5.41, 5.74) is 0.189. The molecule has 0 aromatic carbocycles. The van der Waals surface area contributed by atoms with Crippen molar-refractivity contribution in [3.05, 3.63) is 80.3 Å². The number of anilines is 1. The fourth-order valence-corrected chi connectivity index (χ4v) is 4.39. The average molecular weight is 487 g/mol. The second-order valence-corrected chi connectivity index (χ2v) is 8.90. The number of carboxylic acid groups (broad SMARTS) is 1. The van der Waals surface area contributed by atoms with E-state index in [-0.39, 0.29) is 23.2 Å². The van der Waals surface area contributed by atoms with Gasteiger partial charge in [-0.15, -0.1) is 11.3 Å². The second kappa shape index (κ2) is 9.47. The molecule has 0 bridgehead atoms. The van der Waals surface area contributed by atoms with Crippen molar-refractivity contribution in [2.75, 3.05) is 5.32 Å². The topological polar surface area (TPSA) is 119 Å². The summed E-state index contributed by atoms with van der Waals surface area (Å²) in [6, 6.07) is 8.86. The summed E-state index contributed by atoms with van der Waals surface area (Å²) in [6.45, 7) is 2.08. The van der Waals surface area contributed by atoms with E-state index in [1.807, 2.05) is 6.07 Å². The van der Waals surface area contributed by atoms with Gasteiger partial charge in [-0.3, -0.25) is 9.59 Å². The van der Waals surface area contributed by atoms with Crippen molar-refractivity contribution in [3.8, 4) is 11.3 Å². The highest BCUT2D eigenvalue weighted by Crippen LogP contribution is 2.25. The monoisotopic (exact) mass is 486 g/mol. The minimum Gasteiger partial charge on any atom is -0.480 e. The molecule has 4 aromatic rings. The Hall–Kier alpha value is -3.63. The Labute approximate surface area is 196 Å². The van der Waals surface area contributed by atoms with Crippen LogP contribution in [-0.2, 0) is 11.3 Å². The summed E-state index contributed by atoms with van der Waals surface area (Å²) >= 11 is 7.40. The van der Waals surface area contributed by atoms with Gasteiger partial charge in [0.1, 0.15) is 23.8 Å². The van der Waals surface area contributed by atoms with Gasteiger partial charge in [0.2, 0.25) is 0 Å². The number of carboxylic acids is 1. The third kappa shape index (κ3) is 4.62. The molecule has 1 unspecified atom stereocenters. The van der Waals surface area contributed by atoms with E-state index in [0.717, 1.165) is 14.1 Å². The van der Waals surface area contributed by atoms with Crippen molar-refractivity contribution in [2.24, 2.45) is 0 Å². The molecule has 170 valence electrons. The second-order valence-electron chi connectivity index (χ2n) is 7.10. The van der Waals surface area contributed by atoms with E-state index < -0.39 is 23.5 Å². The standard InChI is InChI=1S/C22H19ClN4O5S/c1-2-17(22(30)31)26-8-3-4-15(21(26)29)16-10-19(24-11-14-5-6-18(23)33-14)27(25-16)20(28)13-7-9-32-12-13/h3-10,12,17,24H,2,11H2,1H3,(H,30,31). The number of aliphatic carboxylic acids is 1. The number of rotatable bonds is 8. The van der Waals surface area contributed by atoms with Crippen LogP contribution in [-0.4, -0.2) is 31.3 Å². The highest BCUT2D eigenvalue weighted by atomic mass is 35.5. The number of nitrogens with zero attached hydrogens (tertiary/aromatic N) is 3. The van der Waals surface area contributed by atoms with Gasteiger partial charge in [0, 0.05) is 17.1 Å². The number of hydrogen-bond donors (Lipinski definition) is 2.